The summed E-state index contributed by atoms with van der Waals surface area (Å²) in [5.74, 6) is 0.301. The van der Waals surface area contributed by atoms with Gasteiger partial charge in [0.1, 0.15) is 0 Å². The predicted octanol–water partition coefficient (Wildman–Crippen LogP) is 1.08. The lowest BCUT2D eigenvalue weighted by atomic mass is 10.1. The minimum atomic E-state index is -0.393. The number of phenols is 1. The average Bonchev–Trinajstić information content (AvgIpc) is 3.10. The number of hydrogen-bond acceptors (Lipinski definition) is 4. The Morgan fingerprint density at radius 1 is 1.59 bits per heavy atom. The van der Waals surface area contributed by atoms with Crippen LogP contribution in [0.5, 0.6) is 11.5 Å². The van der Waals surface area contributed by atoms with Crippen molar-refractivity contribution >= 4 is 11.6 Å². The number of carbonyl (C=O) groups excluding carboxylic acids is 1. The van der Waals surface area contributed by atoms with Gasteiger partial charge in [-0.05, 0) is 25.0 Å². The number of anilines is 1. The van der Waals surface area contributed by atoms with E-state index in [0.29, 0.717) is 18.0 Å². The number of nitrogens with one attached hydrogen (secondary N) is 1. The van der Waals surface area contributed by atoms with Gasteiger partial charge in [0.15, 0.2) is 11.5 Å². The molecule has 0 spiro atoms. The Bertz CT molecular complexity index is 441. The third kappa shape index (κ3) is 2.19. The molecule has 0 atom stereocenters. The van der Waals surface area contributed by atoms with Crippen molar-refractivity contribution in [3.63, 3.8) is 0 Å². The predicted molar refractivity (Wildman–Crippen MR) is 64.0 cm³/mol. The molecule has 5 nitrogen and oxygen atoms in total. The van der Waals surface area contributed by atoms with Crippen LogP contribution in [-0.2, 0) is 4.79 Å². The lowest BCUT2D eigenvalue weighted by Gasteiger charge is -2.13. The maximum atomic E-state index is 11.9. The molecule has 0 aromatic heterocycles. The fourth-order valence-electron chi connectivity index (χ4n) is 1.71. The number of aromatic hydroxyl groups is 1. The zero-order valence-corrected chi connectivity index (χ0v) is 9.69. The van der Waals surface area contributed by atoms with Crippen molar-refractivity contribution in [1.29, 1.82) is 0 Å². The molecule has 1 fully saturated rings. The Morgan fingerprint density at radius 2 is 2.29 bits per heavy atom. The van der Waals surface area contributed by atoms with Gasteiger partial charge in [-0.15, -0.1) is 0 Å². The molecule has 1 aliphatic carbocycles. The second-order valence-corrected chi connectivity index (χ2v) is 4.33. The minimum Gasteiger partial charge on any atom is -0.504 e. The van der Waals surface area contributed by atoms with Crippen molar-refractivity contribution in [2.24, 2.45) is 11.1 Å². The fourth-order valence-corrected chi connectivity index (χ4v) is 1.71. The lowest BCUT2D eigenvalue weighted by molar-refractivity contribution is -0.120. The van der Waals surface area contributed by atoms with Crippen LogP contribution < -0.4 is 15.8 Å². The Balaban J connectivity index is 2.09. The van der Waals surface area contributed by atoms with Crippen molar-refractivity contribution in [2.75, 3.05) is 19.0 Å². The summed E-state index contributed by atoms with van der Waals surface area (Å²) in [5.41, 5.74) is 5.72. The third-order valence-electron chi connectivity index (χ3n) is 3.16. The van der Waals surface area contributed by atoms with E-state index in [1.807, 2.05) is 0 Å². The molecule has 0 unspecified atom stereocenters. The fraction of sp³-hybridized carbons (Fsp3) is 0.417. The molecule has 1 amide bonds. The molecule has 1 aromatic carbocycles. The summed E-state index contributed by atoms with van der Waals surface area (Å²) >= 11 is 0. The molecule has 0 bridgehead atoms. The molecular weight excluding hydrogens is 220 g/mol. The first kappa shape index (κ1) is 11.7. The molecule has 1 saturated carbocycles. The number of methoxy groups -OCH3 is 1. The highest BCUT2D eigenvalue weighted by atomic mass is 16.5. The zero-order valence-electron chi connectivity index (χ0n) is 9.69. The molecule has 1 aromatic rings. The maximum absolute atomic E-state index is 11.9. The van der Waals surface area contributed by atoms with Gasteiger partial charge in [0.05, 0.1) is 12.5 Å². The normalized spacial score (nSPS) is 16.4. The Hall–Kier alpha value is -1.75. The lowest BCUT2D eigenvalue weighted by Crippen LogP contribution is -2.30. The topological polar surface area (TPSA) is 84.6 Å². The van der Waals surface area contributed by atoms with Crippen molar-refractivity contribution in [1.82, 2.24) is 0 Å². The van der Waals surface area contributed by atoms with E-state index in [4.69, 9.17) is 10.5 Å². The molecule has 1 aliphatic rings. The average molecular weight is 236 g/mol. The van der Waals surface area contributed by atoms with Crippen molar-refractivity contribution in [2.45, 2.75) is 12.8 Å². The highest BCUT2D eigenvalue weighted by Gasteiger charge is 2.48. The van der Waals surface area contributed by atoms with E-state index in [1.165, 1.54) is 13.2 Å². The summed E-state index contributed by atoms with van der Waals surface area (Å²) in [7, 11) is 1.47. The van der Waals surface area contributed by atoms with Gasteiger partial charge in [0.2, 0.25) is 5.91 Å². The molecule has 5 heteroatoms. The third-order valence-corrected chi connectivity index (χ3v) is 3.16. The van der Waals surface area contributed by atoms with E-state index in [9.17, 15) is 9.90 Å². The van der Waals surface area contributed by atoms with Crippen LogP contribution in [0.1, 0.15) is 12.8 Å². The SMILES string of the molecule is COc1ccc(NC(=O)C2(CN)CC2)cc1O. The molecule has 92 valence electrons. The van der Waals surface area contributed by atoms with Gasteiger partial charge < -0.3 is 20.9 Å². The van der Waals surface area contributed by atoms with E-state index in [-0.39, 0.29) is 11.7 Å². The van der Waals surface area contributed by atoms with Crippen molar-refractivity contribution in [3.8, 4) is 11.5 Å². The Labute approximate surface area is 99.6 Å². The maximum Gasteiger partial charge on any atom is 0.231 e. The number of amides is 1. The monoisotopic (exact) mass is 236 g/mol. The second-order valence-electron chi connectivity index (χ2n) is 4.33. The van der Waals surface area contributed by atoms with Gasteiger partial charge in [-0.2, -0.15) is 0 Å². The zero-order chi connectivity index (χ0) is 12.5. The molecule has 2 rings (SSSR count). The van der Waals surface area contributed by atoms with E-state index in [0.717, 1.165) is 12.8 Å². The Morgan fingerprint density at radius 3 is 2.76 bits per heavy atom. The number of ether oxygens (including phenoxy) is 1. The summed E-state index contributed by atoms with van der Waals surface area (Å²) in [6.45, 7) is 0.362. The second kappa shape index (κ2) is 4.25. The first-order valence-corrected chi connectivity index (χ1v) is 5.50. The van der Waals surface area contributed by atoms with Crippen LogP contribution in [0.15, 0.2) is 18.2 Å². The number of rotatable bonds is 4. The highest BCUT2D eigenvalue weighted by molar-refractivity contribution is 5.97. The molecule has 0 radical (unpaired) electrons. The molecule has 0 saturated heterocycles. The van der Waals surface area contributed by atoms with E-state index < -0.39 is 5.41 Å². The molecular formula is C12H16N2O3. The van der Waals surface area contributed by atoms with Gasteiger partial charge in [0.25, 0.3) is 0 Å². The summed E-state index contributed by atoms with van der Waals surface area (Å²) < 4.78 is 4.92. The van der Waals surface area contributed by atoms with Gasteiger partial charge in [-0.3, -0.25) is 4.79 Å². The van der Waals surface area contributed by atoms with Gasteiger partial charge in [-0.25, -0.2) is 0 Å². The first-order chi connectivity index (χ1) is 8.11. The van der Waals surface area contributed by atoms with Crippen LogP contribution in [0, 0.1) is 5.41 Å². The number of carbonyl (C=O) groups is 1. The Kier molecular flexibility index (Phi) is 2.93. The summed E-state index contributed by atoms with van der Waals surface area (Å²) in [5, 5.41) is 12.3. The smallest absolute Gasteiger partial charge is 0.231 e. The van der Waals surface area contributed by atoms with E-state index in [2.05, 4.69) is 5.32 Å². The summed E-state index contributed by atoms with van der Waals surface area (Å²) in [6.07, 6.45) is 1.66. The molecule has 17 heavy (non-hydrogen) atoms. The number of benzene rings is 1. The van der Waals surface area contributed by atoms with Crippen LogP contribution in [0.25, 0.3) is 0 Å². The summed E-state index contributed by atoms with van der Waals surface area (Å²) in [6, 6.07) is 4.75. The highest BCUT2D eigenvalue weighted by Crippen LogP contribution is 2.45. The van der Waals surface area contributed by atoms with Gasteiger partial charge in [-0.1, -0.05) is 0 Å². The quantitative estimate of drug-likeness (QED) is 0.730. The number of hydrogen-bond donors (Lipinski definition) is 3. The van der Waals surface area contributed by atoms with Crippen molar-refractivity contribution in [3.05, 3.63) is 18.2 Å². The van der Waals surface area contributed by atoms with Crippen molar-refractivity contribution < 1.29 is 14.6 Å². The van der Waals surface area contributed by atoms with Gasteiger partial charge in [0, 0.05) is 18.3 Å². The number of nitrogens with two attached hydrogens (primary N) is 1. The summed E-state index contributed by atoms with van der Waals surface area (Å²) in [4.78, 5) is 11.9. The molecule has 0 aliphatic heterocycles. The van der Waals surface area contributed by atoms with Crippen LogP contribution in [0.2, 0.25) is 0 Å². The standard InChI is InChI=1S/C12H16N2O3/c1-17-10-3-2-8(6-9(10)15)14-11(16)12(7-13)4-5-12/h2-3,6,15H,4-5,7,13H2,1H3,(H,14,16). The van der Waals surface area contributed by atoms with Crippen LogP contribution in [-0.4, -0.2) is 24.7 Å². The van der Waals surface area contributed by atoms with Crippen LogP contribution >= 0.6 is 0 Å². The largest absolute Gasteiger partial charge is 0.504 e. The molecule has 4 N–H and O–H groups in total. The number of phenolic OH excluding ortho intramolecular Hbond substituents is 1. The van der Waals surface area contributed by atoms with Crippen LogP contribution in [0.4, 0.5) is 5.69 Å². The first-order valence-electron chi connectivity index (χ1n) is 5.50. The van der Waals surface area contributed by atoms with E-state index >= 15 is 0 Å². The van der Waals surface area contributed by atoms with E-state index in [1.54, 1.807) is 12.1 Å². The van der Waals surface area contributed by atoms with Gasteiger partial charge >= 0.3 is 0 Å². The molecule has 0 heterocycles. The minimum absolute atomic E-state index is 0.00268. The van der Waals surface area contributed by atoms with Crippen LogP contribution in [0.3, 0.4) is 0 Å².